The zero-order valence-electron chi connectivity index (χ0n) is 12.5. The third-order valence-electron chi connectivity index (χ3n) is 3.63. The van der Waals surface area contributed by atoms with Crippen molar-refractivity contribution >= 4 is 11.8 Å². The molecule has 0 bridgehead atoms. The largest absolute Gasteiger partial charge is 0.347 e. The van der Waals surface area contributed by atoms with E-state index in [2.05, 4.69) is 16.7 Å². The Morgan fingerprint density at radius 1 is 1.29 bits per heavy atom. The van der Waals surface area contributed by atoms with Gasteiger partial charge in [-0.3, -0.25) is 9.59 Å². The summed E-state index contributed by atoms with van der Waals surface area (Å²) < 4.78 is 0. The number of benzene rings is 1. The second kappa shape index (κ2) is 7.78. The normalized spacial score (nSPS) is 14.8. The number of carbonyl (C=O) groups is 2. The van der Waals surface area contributed by atoms with E-state index in [1.807, 2.05) is 25.1 Å². The van der Waals surface area contributed by atoms with Crippen LogP contribution in [-0.2, 0) is 16.0 Å². The van der Waals surface area contributed by atoms with Crippen LogP contribution in [0.5, 0.6) is 0 Å². The molecular formula is C16H23N3O2. The molecule has 1 heterocycles. The summed E-state index contributed by atoms with van der Waals surface area (Å²) in [6.07, 6.45) is 1.12. The van der Waals surface area contributed by atoms with Gasteiger partial charge in [0.1, 0.15) is 0 Å². The fourth-order valence-electron chi connectivity index (χ4n) is 2.41. The molecule has 2 N–H and O–H groups in total. The lowest BCUT2D eigenvalue weighted by atomic mass is 10.1. The van der Waals surface area contributed by atoms with Crippen molar-refractivity contribution in [2.75, 3.05) is 32.7 Å². The van der Waals surface area contributed by atoms with Gasteiger partial charge in [-0.15, -0.1) is 0 Å². The molecule has 0 atom stereocenters. The van der Waals surface area contributed by atoms with Gasteiger partial charge in [-0.2, -0.15) is 0 Å². The van der Waals surface area contributed by atoms with Crippen LogP contribution in [0.15, 0.2) is 24.3 Å². The molecule has 0 spiro atoms. The van der Waals surface area contributed by atoms with Crippen molar-refractivity contribution in [3.63, 3.8) is 0 Å². The number of hydrogen-bond donors (Lipinski definition) is 2. The monoisotopic (exact) mass is 289 g/mol. The van der Waals surface area contributed by atoms with Gasteiger partial charge in [0.2, 0.25) is 11.8 Å². The number of amides is 2. The Bertz CT molecular complexity index is 496. The first-order valence-corrected chi connectivity index (χ1v) is 7.46. The highest BCUT2D eigenvalue weighted by Crippen LogP contribution is 2.06. The molecule has 0 aromatic heterocycles. The summed E-state index contributed by atoms with van der Waals surface area (Å²) in [5, 5.41) is 5.91. The van der Waals surface area contributed by atoms with Crippen molar-refractivity contribution < 1.29 is 9.59 Å². The molecule has 2 amide bonds. The lowest BCUT2D eigenvalue weighted by Gasteiger charge is -2.27. The standard InChI is InChI=1S/C16H23N3O2/c1-13-3-2-4-14(11-13)5-6-15(20)18-12-16(21)19-9-7-17-8-10-19/h2-4,11,17H,5-10,12H2,1H3,(H,18,20). The molecule has 1 saturated heterocycles. The SMILES string of the molecule is Cc1cccc(CCC(=O)NCC(=O)N2CCNCC2)c1. The Hall–Kier alpha value is -1.88. The summed E-state index contributed by atoms with van der Waals surface area (Å²) >= 11 is 0. The van der Waals surface area contributed by atoms with E-state index in [4.69, 9.17) is 0 Å². The third-order valence-corrected chi connectivity index (χ3v) is 3.63. The molecule has 1 aromatic carbocycles. The van der Waals surface area contributed by atoms with Gasteiger partial charge >= 0.3 is 0 Å². The van der Waals surface area contributed by atoms with Crippen molar-refractivity contribution in [1.82, 2.24) is 15.5 Å². The van der Waals surface area contributed by atoms with Gasteiger partial charge in [-0.25, -0.2) is 0 Å². The van der Waals surface area contributed by atoms with Crippen LogP contribution in [-0.4, -0.2) is 49.4 Å². The second-order valence-electron chi connectivity index (χ2n) is 5.40. The number of hydrogen-bond acceptors (Lipinski definition) is 3. The van der Waals surface area contributed by atoms with Crippen molar-refractivity contribution in [2.24, 2.45) is 0 Å². The van der Waals surface area contributed by atoms with Gasteiger partial charge in [0.05, 0.1) is 6.54 Å². The van der Waals surface area contributed by atoms with Crippen LogP contribution >= 0.6 is 0 Å². The first kappa shape index (κ1) is 15.5. The zero-order chi connectivity index (χ0) is 15.1. The Balaban J connectivity index is 1.68. The van der Waals surface area contributed by atoms with E-state index in [0.717, 1.165) is 31.7 Å². The van der Waals surface area contributed by atoms with Crippen LogP contribution in [0.25, 0.3) is 0 Å². The van der Waals surface area contributed by atoms with Crippen LogP contribution in [0.4, 0.5) is 0 Å². The van der Waals surface area contributed by atoms with E-state index in [9.17, 15) is 9.59 Å². The smallest absolute Gasteiger partial charge is 0.242 e. The van der Waals surface area contributed by atoms with Gasteiger partial charge in [0.15, 0.2) is 0 Å². The Morgan fingerprint density at radius 2 is 2.05 bits per heavy atom. The number of rotatable bonds is 5. The summed E-state index contributed by atoms with van der Waals surface area (Å²) in [5.41, 5.74) is 2.35. The number of nitrogens with zero attached hydrogens (tertiary/aromatic N) is 1. The summed E-state index contributed by atoms with van der Waals surface area (Å²) in [7, 11) is 0. The van der Waals surface area contributed by atoms with E-state index in [-0.39, 0.29) is 18.4 Å². The average Bonchev–Trinajstić information content (AvgIpc) is 2.51. The number of aryl methyl sites for hydroxylation is 2. The average molecular weight is 289 g/mol. The van der Waals surface area contributed by atoms with Crippen LogP contribution in [0.2, 0.25) is 0 Å². The van der Waals surface area contributed by atoms with E-state index in [1.54, 1.807) is 4.90 Å². The predicted octanol–water partition coefficient (Wildman–Crippen LogP) is 0.476. The lowest BCUT2D eigenvalue weighted by molar-refractivity contribution is -0.133. The summed E-state index contributed by atoms with van der Waals surface area (Å²) in [5.74, 6) is -0.0691. The van der Waals surface area contributed by atoms with Gasteiger partial charge in [0, 0.05) is 32.6 Å². The molecular weight excluding hydrogens is 266 g/mol. The van der Waals surface area contributed by atoms with Crippen molar-refractivity contribution in [2.45, 2.75) is 19.8 Å². The van der Waals surface area contributed by atoms with E-state index in [0.29, 0.717) is 12.8 Å². The lowest BCUT2D eigenvalue weighted by Crippen LogP contribution is -2.49. The van der Waals surface area contributed by atoms with Crippen LogP contribution in [0.3, 0.4) is 0 Å². The fraction of sp³-hybridized carbons (Fsp3) is 0.500. The highest BCUT2D eigenvalue weighted by Gasteiger charge is 2.16. The van der Waals surface area contributed by atoms with Crippen LogP contribution in [0, 0.1) is 6.92 Å². The molecule has 114 valence electrons. The highest BCUT2D eigenvalue weighted by atomic mass is 16.2. The van der Waals surface area contributed by atoms with Crippen molar-refractivity contribution in [3.05, 3.63) is 35.4 Å². The molecule has 5 nitrogen and oxygen atoms in total. The predicted molar refractivity (Wildman–Crippen MR) is 82.0 cm³/mol. The molecule has 1 aliphatic rings. The first-order valence-electron chi connectivity index (χ1n) is 7.46. The minimum atomic E-state index is -0.0695. The molecule has 2 rings (SSSR count). The Kier molecular flexibility index (Phi) is 5.75. The van der Waals surface area contributed by atoms with Gasteiger partial charge < -0.3 is 15.5 Å². The van der Waals surface area contributed by atoms with Gasteiger partial charge in [0.25, 0.3) is 0 Å². The molecule has 0 saturated carbocycles. The number of carbonyl (C=O) groups excluding carboxylic acids is 2. The Morgan fingerprint density at radius 3 is 2.76 bits per heavy atom. The first-order chi connectivity index (χ1) is 10.1. The number of nitrogens with one attached hydrogen (secondary N) is 2. The summed E-state index contributed by atoms with van der Waals surface area (Å²) in [4.78, 5) is 25.5. The molecule has 0 aliphatic carbocycles. The van der Waals surface area contributed by atoms with Crippen LogP contribution < -0.4 is 10.6 Å². The maximum Gasteiger partial charge on any atom is 0.242 e. The van der Waals surface area contributed by atoms with Gasteiger partial charge in [-0.1, -0.05) is 29.8 Å². The number of piperazine rings is 1. The van der Waals surface area contributed by atoms with E-state index >= 15 is 0 Å². The molecule has 1 fully saturated rings. The molecule has 5 heteroatoms. The molecule has 21 heavy (non-hydrogen) atoms. The third kappa shape index (κ3) is 5.19. The molecule has 0 unspecified atom stereocenters. The second-order valence-corrected chi connectivity index (χ2v) is 5.40. The Labute approximate surface area is 125 Å². The van der Waals surface area contributed by atoms with Crippen LogP contribution in [0.1, 0.15) is 17.5 Å². The van der Waals surface area contributed by atoms with Crippen molar-refractivity contribution in [3.8, 4) is 0 Å². The fourth-order valence-corrected chi connectivity index (χ4v) is 2.41. The van der Waals surface area contributed by atoms with Gasteiger partial charge in [-0.05, 0) is 18.9 Å². The highest BCUT2D eigenvalue weighted by molar-refractivity contribution is 5.84. The quantitative estimate of drug-likeness (QED) is 0.828. The minimum Gasteiger partial charge on any atom is -0.347 e. The van der Waals surface area contributed by atoms with E-state index in [1.165, 1.54) is 5.56 Å². The maximum absolute atomic E-state index is 11.9. The summed E-state index contributed by atoms with van der Waals surface area (Å²) in [6, 6.07) is 8.14. The van der Waals surface area contributed by atoms with E-state index < -0.39 is 0 Å². The topological polar surface area (TPSA) is 61.4 Å². The molecule has 1 aliphatic heterocycles. The summed E-state index contributed by atoms with van der Waals surface area (Å²) in [6.45, 7) is 5.23. The zero-order valence-corrected chi connectivity index (χ0v) is 12.5. The minimum absolute atomic E-state index is 0.000376. The molecule has 1 aromatic rings. The maximum atomic E-state index is 11.9. The molecule has 0 radical (unpaired) electrons. The van der Waals surface area contributed by atoms with Crippen molar-refractivity contribution in [1.29, 1.82) is 0 Å².